The summed E-state index contributed by atoms with van der Waals surface area (Å²) < 4.78 is 13.7. The van der Waals surface area contributed by atoms with E-state index in [1.54, 1.807) is 13.8 Å². The number of ether oxygens (including phenoxy) is 3. The average Bonchev–Trinajstić information content (AvgIpc) is 2.84. The first-order valence-corrected chi connectivity index (χ1v) is 10.4. The van der Waals surface area contributed by atoms with E-state index in [4.69, 9.17) is 0 Å². The molecule has 0 aliphatic carbocycles. The number of rotatable bonds is 10. The molecule has 0 saturated heterocycles. The zero-order chi connectivity index (χ0) is 25.9. The molecule has 0 aliphatic rings. The molecule has 0 N–H and O–H groups in total. The maximum absolute atomic E-state index is 10.5. The molecule has 33 heavy (non-hydrogen) atoms. The van der Waals surface area contributed by atoms with E-state index in [2.05, 4.69) is 47.1 Å². The van der Waals surface area contributed by atoms with Gasteiger partial charge in [0.25, 0.3) is 0 Å². The van der Waals surface area contributed by atoms with Gasteiger partial charge in [0.1, 0.15) is 6.61 Å². The molecule has 0 atom stereocenters. The summed E-state index contributed by atoms with van der Waals surface area (Å²) in [5.74, 6) is -1.05. The minimum atomic E-state index is -0.366. The van der Waals surface area contributed by atoms with Gasteiger partial charge in [-0.15, -0.1) is 0 Å². The second-order valence-corrected chi connectivity index (χ2v) is 5.96. The van der Waals surface area contributed by atoms with Crippen LogP contribution in [0.1, 0.15) is 39.2 Å². The number of hydrogen-bond acceptors (Lipinski definition) is 6. The summed E-state index contributed by atoms with van der Waals surface area (Å²) in [5.41, 5.74) is 1.59. The molecule has 1 aromatic carbocycles. The Hall–Kier alpha value is -3.67. The fraction of sp³-hybridized carbons (Fsp3) is 0.296. The predicted octanol–water partition coefficient (Wildman–Crippen LogP) is 5.87. The van der Waals surface area contributed by atoms with E-state index in [-0.39, 0.29) is 24.5 Å². The van der Waals surface area contributed by atoms with Crippen molar-refractivity contribution in [2.75, 3.05) is 19.8 Å². The van der Waals surface area contributed by atoms with Gasteiger partial charge in [0.2, 0.25) is 0 Å². The van der Waals surface area contributed by atoms with Crippen LogP contribution in [-0.4, -0.2) is 37.7 Å². The Morgan fingerprint density at radius 3 is 1.76 bits per heavy atom. The third-order valence-corrected chi connectivity index (χ3v) is 3.08. The molecule has 0 bridgehead atoms. The zero-order valence-electron chi connectivity index (χ0n) is 20.2. The van der Waals surface area contributed by atoms with E-state index >= 15 is 0 Å². The van der Waals surface area contributed by atoms with Gasteiger partial charge in [-0.3, -0.25) is 0 Å². The molecule has 0 saturated carbocycles. The largest absolute Gasteiger partial charge is 0.463 e. The quantitative estimate of drug-likeness (QED) is 0.143. The molecule has 0 heterocycles. The average molecular weight is 459 g/mol. The zero-order valence-corrected chi connectivity index (χ0v) is 20.2. The highest BCUT2D eigenvalue weighted by molar-refractivity contribution is 5.87. The summed E-state index contributed by atoms with van der Waals surface area (Å²) in [6.07, 6.45) is 7.64. The van der Waals surface area contributed by atoms with Crippen LogP contribution in [0.15, 0.2) is 87.0 Å². The molecule has 0 radical (unpaired) electrons. The Labute approximate surface area is 198 Å². The van der Waals surface area contributed by atoms with Crippen LogP contribution in [0, 0.1) is 0 Å². The summed E-state index contributed by atoms with van der Waals surface area (Å²) >= 11 is 0. The van der Waals surface area contributed by atoms with Gasteiger partial charge in [-0.2, -0.15) is 0 Å². The van der Waals surface area contributed by atoms with Crippen LogP contribution >= 0.6 is 0 Å². The SMILES string of the molecule is C=CC(=O)OCC.C=CC(=O)OCCCC.C=CCOC(=O)C(=C)C.C=Cc1ccccc1. The van der Waals surface area contributed by atoms with E-state index in [1.807, 2.05) is 43.3 Å². The van der Waals surface area contributed by atoms with E-state index in [1.165, 1.54) is 17.7 Å². The van der Waals surface area contributed by atoms with Crippen LogP contribution in [0.4, 0.5) is 0 Å². The van der Waals surface area contributed by atoms with Crippen LogP contribution in [0.3, 0.4) is 0 Å². The summed E-state index contributed by atoms with van der Waals surface area (Å²) in [4.78, 5) is 31.0. The van der Waals surface area contributed by atoms with Crippen molar-refractivity contribution in [2.24, 2.45) is 0 Å². The molecule has 0 aliphatic heterocycles. The molecule has 0 unspecified atom stereocenters. The van der Waals surface area contributed by atoms with Crippen molar-refractivity contribution in [3.63, 3.8) is 0 Å². The van der Waals surface area contributed by atoms with Crippen LogP contribution in [0.2, 0.25) is 0 Å². The third-order valence-electron chi connectivity index (χ3n) is 3.08. The summed E-state index contributed by atoms with van der Waals surface area (Å²) in [7, 11) is 0. The highest BCUT2D eigenvalue weighted by atomic mass is 16.5. The standard InChI is InChI=1S/C8H8.C7H10O2.C7H12O2.C5H8O2/c1-2-8-6-4-3-5-7-8;1-4-5-9-7(8)6(2)3;1-3-5-6-9-7(8)4-2;1-3-5(6)7-4-2/h2-7H,1H2;4H,1-2,5H2,3H3;4H,2-3,5-6H2,1H3;3H,1,4H2,2H3. The fourth-order valence-corrected chi connectivity index (χ4v) is 1.42. The highest BCUT2D eigenvalue weighted by Gasteiger charge is 1.98. The monoisotopic (exact) mass is 458 g/mol. The summed E-state index contributed by atoms with van der Waals surface area (Å²) in [6, 6.07) is 10.0. The number of esters is 3. The van der Waals surface area contributed by atoms with Crippen LogP contribution < -0.4 is 0 Å². The first-order valence-electron chi connectivity index (χ1n) is 10.4. The van der Waals surface area contributed by atoms with Crippen molar-refractivity contribution in [2.45, 2.75) is 33.6 Å². The smallest absolute Gasteiger partial charge is 0.333 e. The Bertz CT molecular complexity index is 719. The molecule has 0 amide bonds. The van der Waals surface area contributed by atoms with Gasteiger partial charge >= 0.3 is 17.9 Å². The van der Waals surface area contributed by atoms with Gasteiger partial charge in [-0.1, -0.05) is 88.7 Å². The van der Waals surface area contributed by atoms with Gasteiger partial charge in [0, 0.05) is 17.7 Å². The molecule has 0 aromatic heterocycles. The molecule has 6 heteroatoms. The lowest BCUT2D eigenvalue weighted by Gasteiger charge is -1.97. The Kier molecular flexibility index (Phi) is 27.1. The highest BCUT2D eigenvalue weighted by Crippen LogP contribution is 1.97. The second kappa shape index (κ2) is 26.4. The van der Waals surface area contributed by atoms with E-state index in [0.29, 0.717) is 18.8 Å². The van der Waals surface area contributed by atoms with E-state index in [9.17, 15) is 14.4 Å². The maximum atomic E-state index is 10.5. The lowest BCUT2D eigenvalue weighted by Crippen LogP contribution is -2.03. The summed E-state index contributed by atoms with van der Waals surface area (Å²) in [5, 5.41) is 0. The van der Waals surface area contributed by atoms with E-state index in [0.717, 1.165) is 18.9 Å². The number of hydrogen-bond donors (Lipinski definition) is 0. The second-order valence-electron chi connectivity index (χ2n) is 5.96. The van der Waals surface area contributed by atoms with Crippen LogP contribution in [0.5, 0.6) is 0 Å². The first kappa shape index (κ1) is 34.0. The van der Waals surface area contributed by atoms with Gasteiger partial charge in [-0.05, 0) is 25.8 Å². The van der Waals surface area contributed by atoms with Gasteiger partial charge in [0.15, 0.2) is 0 Å². The van der Waals surface area contributed by atoms with Crippen molar-refractivity contribution in [1.29, 1.82) is 0 Å². The summed E-state index contributed by atoms with van der Waals surface area (Å²) in [6.45, 7) is 23.5. The Balaban J connectivity index is -0.000000365. The van der Waals surface area contributed by atoms with Crippen molar-refractivity contribution in [1.82, 2.24) is 0 Å². The lowest BCUT2D eigenvalue weighted by atomic mass is 10.2. The van der Waals surface area contributed by atoms with Gasteiger partial charge in [0.05, 0.1) is 13.2 Å². The number of carbonyl (C=O) groups is 3. The minimum Gasteiger partial charge on any atom is -0.463 e. The number of carbonyl (C=O) groups excluding carboxylic acids is 3. The number of benzene rings is 1. The van der Waals surface area contributed by atoms with Crippen molar-refractivity contribution in [3.05, 3.63) is 92.6 Å². The molecule has 1 rings (SSSR count). The van der Waals surface area contributed by atoms with Gasteiger partial charge in [-0.25, -0.2) is 14.4 Å². The molecule has 0 fully saturated rings. The fourth-order valence-electron chi connectivity index (χ4n) is 1.42. The normalized spacial score (nSPS) is 8.21. The molecule has 1 aromatic rings. The minimum absolute atomic E-state index is 0.256. The molecular weight excluding hydrogens is 420 g/mol. The third kappa shape index (κ3) is 28.3. The molecule has 182 valence electrons. The van der Waals surface area contributed by atoms with Gasteiger partial charge < -0.3 is 14.2 Å². The molecule has 0 spiro atoms. The maximum Gasteiger partial charge on any atom is 0.333 e. The first-order chi connectivity index (χ1) is 15.7. The Morgan fingerprint density at radius 1 is 0.879 bits per heavy atom. The van der Waals surface area contributed by atoms with Crippen molar-refractivity contribution < 1.29 is 28.6 Å². The lowest BCUT2D eigenvalue weighted by molar-refractivity contribution is -0.138. The Morgan fingerprint density at radius 2 is 1.42 bits per heavy atom. The van der Waals surface area contributed by atoms with Crippen molar-refractivity contribution >= 4 is 24.0 Å². The van der Waals surface area contributed by atoms with E-state index < -0.39 is 0 Å². The molecular formula is C27H38O6. The van der Waals surface area contributed by atoms with Crippen LogP contribution in [-0.2, 0) is 28.6 Å². The van der Waals surface area contributed by atoms with Crippen molar-refractivity contribution in [3.8, 4) is 0 Å². The topological polar surface area (TPSA) is 78.9 Å². The van der Waals surface area contributed by atoms with Crippen LogP contribution in [0.25, 0.3) is 6.08 Å². The number of unbranched alkanes of at least 4 members (excludes halogenated alkanes) is 1. The molecule has 6 nitrogen and oxygen atoms in total. The predicted molar refractivity (Wildman–Crippen MR) is 135 cm³/mol.